The fraction of sp³-hybridized carbons (Fsp3) is 0. The van der Waals surface area contributed by atoms with Crippen molar-refractivity contribution in [3.8, 4) is 6.07 Å². The van der Waals surface area contributed by atoms with E-state index >= 15 is 0 Å². The summed E-state index contributed by atoms with van der Waals surface area (Å²) in [5.41, 5.74) is 0.635. The number of anilines is 3. The minimum atomic E-state index is -0.769. The van der Waals surface area contributed by atoms with Gasteiger partial charge in [-0.3, -0.25) is 4.79 Å². The lowest BCUT2D eigenvalue weighted by molar-refractivity contribution is 0.102. The number of benzene rings is 2. The van der Waals surface area contributed by atoms with Crippen molar-refractivity contribution in [2.45, 2.75) is 0 Å². The number of nitriles is 1. The Hall–Kier alpha value is -3.86. The van der Waals surface area contributed by atoms with Crippen LogP contribution in [0.3, 0.4) is 0 Å². The third-order valence-corrected chi connectivity index (χ3v) is 3.37. The predicted molar refractivity (Wildman–Crippen MR) is 90.8 cm³/mol. The molecule has 0 unspecified atom stereocenters. The molecule has 0 aliphatic carbocycles. The molecule has 2 aromatic carbocycles. The maximum absolute atomic E-state index is 13.6. The Morgan fingerprint density at radius 1 is 1.00 bits per heavy atom. The van der Waals surface area contributed by atoms with Crippen LogP contribution in [-0.4, -0.2) is 15.9 Å². The van der Waals surface area contributed by atoms with Crippen LogP contribution in [0.5, 0.6) is 0 Å². The smallest absolute Gasteiger partial charge is 0.275 e. The fourth-order valence-electron chi connectivity index (χ4n) is 2.08. The second-order valence-corrected chi connectivity index (χ2v) is 5.15. The monoisotopic (exact) mass is 351 g/mol. The maximum atomic E-state index is 13.6. The van der Waals surface area contributed by atoms with Crippen molar-refractivity contribution in [3.05, 3.63) is 77.8 Å². The summed E-state index contributed by atoms with van der Waals surface area (Å²) in [6.07, 6.45) is 2.37. The third kappa shape index (κ3) is 3.79. The first-order valence-electron chi connectivity index (χ1n) is 7.41. The lowest BCUT2D eigenvalue weighted by Gasteiger charge is -2.08. The predicted octanol–water partition coefficient (Wildman–Crippen LogP) is 3.62. The summed E-state index contributed by atoms with van der Waals surface area (Å²) in [7, 11) is 0. The zero-order valence-corrected chi connectivity index (χ0v) is 13.2. The third-order valence-electron chi connectivity index (χ3n) is 3.37. The molecule has 1 heterocycles. The van der Waals surface area contributed by atoms with E-state index in [1.54, 1.807) is 24.3 Å². The molecule has 0 aliphatic rings. The average molecular weight is 351 g/mol. The highest BCUT2D eigenvalue weighted by molar-refractivity contribution is 6.02. The van der Waals surface area contributed by atoms with E-state index in [-0.39, 0.29) is 17.2 Å². The van der Waals surface area contributed by atoms with Gasteiger partial charge in [-0.15, -0.1) is 0 Å². The van der Waals surface area contributed by atoms with Crippen LogP contribution < -0.4 is 10.6 Å². The van der Waals surface area contributed by atoms with Gasteiger partial charge in [-0.05, 0) is 36.4 Å². The minimum absolute atomic E-state index is 0.0221. The molecule has 0 atom stereocenters. The number of aromatic nitrogens is 2. The number of halogens is 2. The van der Waals surface area contributed by atoms with Crippen molar-refractivity contribution < 1.29 is 13.6 Å². The van der Waals surface area contributed by atoms with Crippen molar-refractivity contribution >= 4 is 23.1 Å². The molecule has 8 heteroatoms. The molecule has 2 N–H and O–H groups in total. The maximum Gasteiger partial charge on any atom is 0.275 e. The highest BCUT2D eigenvalue weighted by Crippen LogP contribution is 2.21. The fourth-order valence-corrected chi connectivity index (χ4v) is 2.08. The Morgan fingerprint density at radius 2 is 1.69 bits per heavy atom. The van der Waals surface area contributed by atoms with Crippen LogP contribution in [0.15, 0.2) is 54.9 Å². The number of rotatable bonds is 4. The Labute approximate surface area is 147 Å². The number of hydrogen-bond acceptors (Lipinski definition) is 5. The summed E-state index contributed by atoms with van der Waals surface area (Å²) in [5, 5.41) is 13.8. The highest BCUT2D eigenvalue weighted by Gasteiger charge is 2.11. The number of amides is 1. The van der Waals surface area contributed by atoms with Gasteiger partial charge < -0.3 is 10.6 Å². The number of carbonyl (C=O) groups excluding carboxylic acids is 1. The van der Waals surface area contributed by atoms with Crippen LogP contribution in [0.1, 0.15) is 16.1 Å². The van der Waals surface area contributed by atoms with Gasteiger partial charge in [-0.1, -0.05) is 6.07 Å². The summed E-state index contributed by atoms with van der Waals surface area (Å²) >= 11 is 0. The molecule has 6 nitrogen and oxygen atoms in total. The van der Waals surface area contributed by atoms with Crippen molar-refractivity contribution in [1.82, 2.24) is 9.97 Å². The molecular formula is C18H11F2N5O. The average Bonchev–Trinajstić information content (AvgIpc) is 2.66. The quantitative estimate of drug-likeness (QED) is 0.749. The number of carbonyl (C=O) groups is 1. The van der Waals surface area contributed by atoms with Crippen molar-refractivity contribution in [3.63, 3.8) is 0 Å². The van der Waals surface area contributed by atoms with E-state index < -0.39 is 17.5 Å². The minimum Gasteiger partial charge on any atom is -0.334 e. The van der Waals surface area contributed by atoms with Gasteiger partial charge >= 0.3 is 0 Å². The summed E-state index contributed by atoms with van der Waals surface area (Å²) in [6.45, 7) is 0. The highest BCUT2D eigenvalue weighted by atomic mass is 19.1. The van der Waals surface area contributed by atoms with Gasteiger partial charge in [0.25, 0.3) is 5.91 Å². The molecule has 1 aromatic heterocycles. The van der Waals surface area contributed by atoms with Gasteiger partial charge in [0.05, 0.1) is 24.0 Å². The van der Waals surface area contributed by atoms with Crippen LogP contribution in [0, 0.1) is 23.0 Å². The zero-order valence-electron chi connectivity index (χ0n) is 13.2. The Morgan fingerprint density at radius 3 is 2.27 bits per heavy atom. The normalized spacial score (nSPS) is 10.0. The molecule has 0 spiro atoms. The Bertz CT molecular complexity index is 962. The Balaban J connectivity index is 1.70. The largest absolute Gasteiger partial charge is 0.334 e. The standard InChI is InChI=1S/C18H11F2N5O/c19-13-2-1-3-14(20)17(13)25-16-10-22-15(9-23-16)18(26)24-12-6-4-11(8-21)5-7-12/h1-7,9-10H,(H,23,25)(H,24,26). The van der Waals surface area contributed by atoms with Crippen molar-refractivity contribution in [1.29, 1.82) is 5.26 Å². The molecule has 26 heavy (non-hydrogen) atoms. The van der Waals surface area contributed by atoms with E-state index in [4.69, 9.17) is 5.26 Å². The summed E-state index contributed by atoms with van der Waals surface area (Å²) in [6, 6.07) is 11.7. The van der Waals surface area contributed by atoms with E-state index in [9.17, 15) is 13.6 Å². The molecule has 1 amide bonds. The zero-order chi connectivity index (χ0) is 18.5. The van der Waals surface area contributed by atoms with Crippen LogP contribution in [-0.2, 0) is 0 Å². The van der Waals surface area contributed by atoms with E-state index in [1.807, 2.05) is 6.07 Å². The number of nitrogens with one attached hydrogen (secondary N) is 2. The SMILES string of the molecule is N#Cc1ccc(NC(=O)c2cnc(Nc3c(F)cccc3F)cn2)cc1. The van der Waals surface area contributed by atoms with Gasteiger partial charge in [0, 0.05) is 5.69 Å². The molecule has 0 bridgehead atoms. The molecule has 128 valence electrons. The number of hydrogen-bond donors (Lipinski definition) is 2. The second-order valence-electron chi connectivity index (χ2n) is 5.15. The van der Waals surface area contributed by atoms with Crippen LogP contribution in [0.25, 0.3) is 0 Å². The van der Waals surface area contributed by atoms with Gasteiger partial charge in [-0.2, -0.15) is 5.26 Å². The van der Waals surface area contributed by atoms with E-state index in [2.05, 4.69) is 20.6 Å². The lowest BCUT2D eigenvalue weighted by atomic mass is 10.2. The summed E-state index contributed by atoms with van der Waals surface area (Å²) in [5.74, 6) is -1.96. The van der Waals surface area contributed by atoms with Gasteiger partial charge in [0.2, 0.25) is 0 Å². The number of para-hydroxylation sites is 1. The van der Waals surface area contributed by atoms with Crippen LogP contribution >= 0.6 is 0 Å². The lowest BCUT2D eigenvalue weighted by Crippen LogP contribution is -2.14. The second kappa shape index (κ2) is 7.36. The first-order chi connectivity index (χ1) is 12.6. The topological polar surface area (TPSA) is 90.7 Å². The molecule has 0 radical (unpaired) electrons. The van der Waals surface area contributed by atoms with E-state index in [0.29, 0.717) is 11.3 Å². The van der Waals surface area contributed by atoms with Gasteiger partial charge in [0.1, 0.15) is 28.8 Å². The van der Waals surface area contributed by atoms with Gasteiger partial charge in [0.15, 0.2) is 0 Å². The first kappa shape index (κ1) is 17.0. The molecule has 0 saturated heterocycles. The van der Waals surface area contributed by atoms with Crippen LogP contribution in [0.4, 0.5) is 26.0 Å². The Kier molecular flexibility index (Phi) is 4.80. The van der Waals surface area contributed by atoms with Crippen molar-refractivity contribution in [2.24, 2.45) is 0 Å². The van der Waals surface area contributed by atoms with Crippen LogP contribution in [0.2, 0.25) is 0 Å². The molecular weight excluding hydrogens is 340 g/mol. The molecule has 3 rings (SSSR count). The molecule has 0 aliphatic heterocycles. The number of nitrogens with zero attached hydrogens (tertiary/aromatic N) is 3. The van der Waals surface area contributed by atoms with E-state index in [1.165, 1.54) is 18.5 Å². The van der Waals surface area contributed by atoms with Crippen molar-refractivity contribution in [2.75, 3.05) is 10.6 Å². The van der Waals surface area contributed by atoms with Gasteiger partial charge in [-0.25, -0.2) is 18.7 Å². The summed E-state index contributed by atoms with van der Waals surface area (Å²) in [4.78, 5) is 20.0. The molecule has 0 fully saturated rings. The van der Waals surface area contributed by atoms with E-state index in [0.717, 1.165) is 12.1 Å². The summed E-state index contributed by atoms with van der Waals surface area (Å²) < 4.78 is 27.2. The molecule has 3 aromatic rings. The first-order valence-corrected chi connectivity index (χ1v) is 7.41. The molecule has 0 saturated carbocycles.